The van der Waals surface area contributed by atoms with E-state index in [4.69, 9.17) is 21.1 Å². The van der Waals surface area contributed by atoms with Gasteiger partial charge in [-0.3, -0.25) is 0 Å². The molecule has 1 unspecified atom stereocenters. The van der Waals surface area contributed by atoms with Crippen molar-refractivity contribution in [2.45, 2.75) is 11.2 Å². The van der Waals surface area contributed by atoms with E-state index in [9.17, 15) is 4.79 Å². The summed E-state index contributed by atoms with van der Waals surface area (Å²) < 4.78 is 10.8. The number of benzene rings is 2. The van der Waals surface area contributed by atoms with Crippen LogP contribution in [0.25, 0.3) is 0 Å². The standard InChI is InChI=1S/C18H16ClNO3S/c1-22-17(21)10-15-18(24-11-12-5-3-2-4-6-12)23-16-8-7-13(19)9-14(16)20-15/h2-10,18,20H,11H2,1H3/b15-10-. The number of hydrogen-bond acceptors (Lipinski definition) is 5. The topological polar surface area (TPSA) is 47.6 Å². The van der Waals surface area contributed by atoms with Gasteiger partial charge in [0.05, 0.1) is 18.5 Å². The number of anilines is 1. The molecule has 1 N–H and O–H groups in total. The number of carbonyl (C=O) groups excluding carboxylic acids is 1. The quantitative estimate of drug-likeness (QED) is 0.643. The van der Waals surface area contributed by atoms with Crippen LogP contribution in [0, 0.1) is 0 Å². The minimum Gasteiger partial charge on any atom is -0.471 e. The molecule has 1 aliphatic rings. The van der Waals surface area contributed by atoms with E-state index in [1.54, 1.807) is 23.9 Å². The Bertz CT molecular complexity index is 764. The highest BCUT2D eigenvalue weighted by Gasteiger charge is 2.26. The van der Waals surface area contributed by atoms with Crippen LogP contribution in [0.15, 0.2) is 60.3 Å². The van der Waals surface area contributed by atoms with Crippen LogP contribution in [0.4, 0.5) is 5.69 Å². The summed E-state index contributed by atoms with van der Waals surface area (Å²) in [6, 6.07) is 15.4. The van der Waals surface area contributed by atoms with E-state index in [2.05, 4.69) is 17.4 Å². The Balaban J connectivity index is 1.82. The predicted molar refractivity (Wildman–Crippen MR) is 97.3 cm³/mol. The third-order valence-corrected chi connectivity index (χ3v) is 4.82. The molecule has 1 heterocycles. The predicted octanol–water partition coefficient (Wildman–Crippen LogP) is 4.46. The van der Waals surface area contributed by atoms with Crippen LogP contribution >= 0.6 is 23.4 Å². The van der Waals surface area contributed by atoms with Crippen molar-refractivity contribution in [1.82, 2.24) is 0 Å². The van der Waals surface area contributed by atoms with E-state index in [1.807, 2.05) is 24.3 Å². The second-order valence-electron chi connectivity index (χ2n) is 5.13. The molecule has 24 heavy (non-hydrogen) atoms. The van der Waals surface area contributed by atoms with Crippen LogP contribution in [-0.4, -0.2) is 18.5 Å². The Hall–Kier alpha value is -2.11. The van der Waals surface area contributed by atoms with Crippen molar-refractivity contribution < 1.29 is 14.3 Å². The molecule has 0 aliphatic carbocycles. The molecule has 0 saturated heterocycles. The zero-order valence-corrected chi connectivity index (χ0v) is 14.6. The van der Waals surface area contributed by atoms with Crippen LogP contribution in [-0.2, 0) is 15.3 Å². The highest BCUT2D eigenvalue weighted by atomic mass is 35.5. The summed E-state index contributed by atoms with van der Waals surface area (Å²) in [5, 5.41) is 3.81. The molecule has 0 spiro atoms. The molecule has 0 fully saturated rings. The van der Waals surface area contributed by atoms with Gasteiger partial charge in [-0.25, -0.2) is 4.79 Å². The lowest BCUT2D eigenvalue weighted by molar-refractivity contribution is -0.134. The van der Waals surface area contributed by atoms with Crippen molar-refractivity contribution in [1.29, 1.82) is 0 Å². The largest absolute Gasteiger partial charge is 0.471 e. The van der Waals surface area contributed by atoms with Gasteiger partial charge in [0.25, 0.3) is 0 Å². The van der Waals surface area contributed by atoms with Gasteiger partial charge in [-0.05, 0) is 23.8 Å². The van der Waals surface area contributed by atoms with E-state index < -0.39 is 5.97 Å². The van der Waals surface area contributed by atoms with Gasteiger partial charge in [0.15, 0.2) is 5.44 Å². The van der Waals surface area contributed by atoms with Gasteiger partial charge in [0.1, 0.15) is 5.75 Å². The molecular weight excluding hydrogens is 346 g/mol. The van der Waals surface area contributed by atoms with Gasteiger partial charge < -0.3 is 14.8 Å². The minimum atomic E-state index is -0.433. The smallest absolute Gasteiger partial charge is 0.332 e. The average molecular weight is 362 g/mol. The maximum atomic E-state index is 11.6. The zero-order valence-electron chi connectivity index (χ0n) is 13.0. The van der Waals surface area contributed by atoms with Crippen molar-refractivity contribution in [2.24, 2.45) is 0 Å². The van der Waals surface area contributed by atoms with Crippen LogP contribution in [0.3, 0.4) is 0 Å². The third-order valence-electron chi connectivity index (χ3n) is 3.43. The number of methoxy groups -OCH3 is 1. The molecule has 2 aromatic rings. The van der Waals surface area contributed by atoms with Gasteiger partial charge in [0.2, 0.25) is 0 Å². The number of halogens is 1. The number of nitrogens with one attached hydrogen (secondary N) is 1. The number of carbonyl (C=O) groups is 1. The summed E-state index contributed by atoms with van der Waals surface area (Å²) in [4.78, 5) is 11.6. The molecule has 0 amide bonds. The monoisotopic (exact) mass is 361 g/mol. The van der Waals surface area contributed by atoms with Gasteiger partial charge in [0, 0.05) is 16.9 Å². The fourth-order valence-electron chi connectivity index (χ4n) is 2.26. The minimum absolute atomic E-state index is 0.335. The van der Waals surface area contributed by atoms with Gasteiger partial charge in [-0.15, -0.1) is 11.8 Å². The number of ether oxygens (including phenoxy) is 2. The van der Waals surface area contributed by atoms with Crippen molar-refractivity contribution >= 4 is 35.0 Å². The Kier molecular flexibility index (Phi) is 5.33. The van der Waals surface area contributed by atoms with Crippen molar-refractivity contribution in [3.63, 3.8) is 0 Å². The molecule has 1 aliphatic heterocycles. The molecule has 4 nitrogen and oxygen atoms in total. The van der Waals surface area contributed by atoms with Crippen LogP contribution in [0.1, 0.15) is 5.56 Å². The molecule has 124 valence electrons. The fraction of sp³-hybridized carbons (Fsp3) is 0.167. The Labute approximate surface area is 149 Å². The summed E-state index contributed by atoms with van der Waals surface area (Å²) in [5.74, 6) is 1.03. The number of fused-ring (bicyclic) bond motifs is 1. The first-order chi connectivity index (χ1) is 11.7. The summed E-state index contributed by atoms with van der Waals surface area (Å²) in [6.45, 7) is 0. The van der Waals surface area contributed by atoms with Crippen LogP contribution in [0.2, 0.25) is 5.02 Å². The normalized spacial score (nSPS) is 17.6. The van der Waals surface area contributed by atoms with E-state index in [0.29, 0.717) is 16.5 Å². The highest BCUT2D eigenvalue weighted by molar-refractivity contribution is 7.99. The molecule has 0 bridgehead atoms. The Morgan fingerprint density at radius 2 is 2.12 bits per heavy atom. The second-order valence-corrected chi connectivity index (χ2v) is 6.62. The van der Waals surface area contributed by atoms with E-state index >= 15 is 0 Å². The molecule has 1 atom stereocenters. The molecule has 0 saturated carbocycles. The van der Waals surface area contributed by atoms with Crippen LogP contribution in [0.5, 0.6) is 5.75 Å². The Morgan fingerprint density at radius 3 is 2.88 bits per heavy atom. The SMILES string of the molecule is COC(=O)/C=C1\Nc2cc(Cl)ccc2OC1SCc1ccccc1. The highest BCUT2D eigenvalue weighted by Crippen LogP contribution is 2.38. The number of thioether (sulfide) groups is 1. The fourth-order valence-corrected chi connectivity index (χ4v) is 3.44. The van der Waals surface area contributed by atoms with Crippen molar-refractivity contribution in [3.8, 4) is 5.75 Å². The number of rotatable bonds is 4. The zero-order chi connectivity index (χ0) is 16.9. The first kappa shape index (κ1) is 16.7. The third kappa shape index (κ3) is 4.04. The van der Waals surface area contributed by atoms with E-state index in [1.165, 1.54) is 18.7 Å². The molecule has 3 rings (SSSR count). The lowest BCUT2D eigenvalue weighted by atomic mass is 10.2. The summed E-state index contributed by atoms with van der Waals surface area (Å²) in [6.07, 6.45) is 1.41. The molecule has 0 radical (unpaired) electrons. The molecule has 0 aromatic heterocycles. The maximum absolute atomic E-state index is 11.6. The number of esters is 1. The average Bonchev–Trinajstić information content (AvgIpc) is 2.60. The maximum Gasteiger partial charge on any atom is 0.332 e. The lowest BCUT2D eigenvalue weighted by Crippen LogP contribution is -2.27. The van der Waals surface area contributed by atoms with Crippen LogP contribution < -0.4 is 10.1 Å². The van der Waals surface area contributed by atoms with E-state index in [0.717, 1.165) is 11.4 Å². The van der Waals surface area contributed by atoms with Crippen molar-refractivity contribution in [3.05, 3.63) is 70.9 Å². The second kappa shape index (κ2) is 7.64. The molecule has 6 heteroatoms. The van der Waals surface area contributed by atoms with Gasteiger partial charge in [-0.2, -0.15) is 0 Å². The Morgan fingerprint density at radius 1 is 1.33 bits per heavy atom. The van der Waals surface area contributed by atoms with Gasteiger partial charge in [-0.1, -0.05) is 41.9 Å². The molecule has 2 aromatic carbocycles. The number of hydrogen-bond donors (Lipinski definition) is 1. The van der Waals surface area contributed by atoms with Gasteiger partial charge >= 0.3 is 5.97 Å². The first-order valence-electron chi connectivity index (χ1n) is 7.34. The lowest BCUT2D eigenvalue weighted by Gasteiger charge is -2.29. The van der Waals surface area contributed by atoms with E-state index in [-0.39, 0.29) is 5.44 Å². The summed E-state index contributed by atoms with van der Waals surface area (Å²) >= 11 is 7.61. The molecular formula is C18H16ClNO3S. The first-order valence-corrected chi connectivity index (χ1v) is 8.76. The summed E-state index contributed by atoms with van der Waals surface area (Å²) in [5.41, 5.74) is 2.22. The summed E-state index contributed by atoms with van der Waals surface area (Å²) in [7, 11) is 1.35. The van der Waals surface area contributed by atoms with Crippen molar-refractivity contribution in [2.75, 3.05) is 12.4 Å².